The quantitative estimate of drug-likeness (QED) is 0.505. The highest BCUT2D eigenvalue weighted by atomic mass is 35.5. The first-order chi connectivity index (χ1) is 9.10. The second-order valence-corrected chi connectivity index (χ2v) is 4.44. The summed E-state index contributed by atoms with van der Waals surface area (Å²) < 4.78 is 0. The third-order valence-electron chi connectivity index (χ3n) is 2.63. The Kier molecular flexibility index (Phi) is 4.03. The van der Waals surface area contributed by atoms with Crippen molar-refractivity contribution in [1.82, 2.24) is 9.97 Å². The van der Waals surface area contributed by atoms with Crippen LogP contribution in [0.1, 0.15) is 18.5 Å². The molecule has 0 aliphatic heterocycles. The van der Waals surface area contributed by atoms with Gasteiger partial charge in [0.1, 0.15) is 11.6 Å². The van der Waals surface area contributed by atoms with Crippen molar-refractivity contribution in [1.29, 1.82) is 0 Å². The Morgan fingerprint density at radius 3 is 2.58 bits per heavy atom. The summed E-state index contributed by atoms with van der Waals surface area (Å²) in [6.45, 7) is 1.98. The maximum atomic E-state index is 6.15. The maximum absolute atomic E-state index is 6.15. The maximum Gasteiger partial charge on any atom is 0.223 e. The molecule has 0 fully saturated rings. The Morgan fingerprint density at radius 1 is 1.21 bits per heavy atom. The van der Waals surface area contributed by atoms with E-state index in [1.54, 1.807) is 6.07 Å². The van der Waals surface area contributed by atoms with E-state index in [9.17, 15) is 0 Å². The number of benzene rings is 1. The van der Waals surface area contributed by atoms with Crippen molar-refractivity contribution < 1.29 is 0 Å². The highest BCUT2D eigenvalue weighted by Gasteiger charge is 2.10. The van der Waals surface area contributed by atoms with E-state index in [-0.39, 0.29) is 12.0 Å². The number of nitrogen functional groups attached to an aromatic ring is 2. The summed E-state index contributed by atoms with van der Waals surface area (Å²) in [4.78, 5) is 8.01. The molecule has 2 rings (SSSR count). The molecule has 1 unspecified atom stereocenters. The number of aromatic nitrogens is 2. The van der Waals surface area contributed by atoms with E-state index in [1.807, 2.05) is 31.2 Å². The summed E-state index contributed by atoms with van der Waals surface area (Å²) in [6, 6.07) is 9.26. The first-order valence-corrected chi connectivity index (χ1v) is 6.10. The van der Waals surface area contributed by atoms with Gasteiger partial charge in [-0.1, -0.05) is 29.8 Å². The average molecular weight is 279 g/mol. The fourth-order valence-electron chi connectivity index (χ4n) is 1.74. The van der Waals surface area contributed by atoms with E-state index >= 15 is 0 Å². The molecule has 1 atom stereocenters. The highest BCUT2D eigenvalue weighted by molar-refractivity contribution is 6.31. The number of hydrogen-bond donors (Lipinski definition) is 4. The predicted molar refractivity (Wildman–Crippen MR) is 77.7 cm³/mol. The summed E-state index contributed by atoms with van der Waals surface area (Å²) in [5.41, 5.74) is 9.01. The summed E-state index contributed by atoms with van der Waals surface area (Å²) in [7, 11) is 0. The number of nitrogens with one attached hydrogen (secondary N) is 2. The van der Waals surface area contributed by atoms with Gasteiger partial charge in [-0.3, -0.25) is 0 Å². The first-order valence-electron chi connectivity index (χ1n) is 5.72. The molecule has 0 amide bonds. The zero-order valence-corrected chi connectivity index (χ0v) is 11.1. The third-order valence-corrected chi connectivity index (χ3v) is 2.97. The molecule has 0 saturated carbocycles. The monoisotopic (exact) mass is 278 g/mol. The van der Waals surface area contributed by atoms with E-state index < -0.39 is 0 Å². The van der Waals surface area contributed by atoms with Crippen molar-refractivity contribution in [3.8, 4) is 0 Å². The van der Waals surface area contributed by atoms with E-state index in [4.69, 9.17) is 23.2 Å². The van der Waals surface area contributed by atoms with E-state index in [0.717, 1.165) is 5.56 Å². The average Bonchev–Trinajstić information content (AvgIpc) is 2.38. The van der Waals surface area contributed by atoms with Crippen LogP contribution < -0.4 is 22.3 Å². The molecule has 2 aromatic rings. The topological polar surface area (TPSA) is 102 Å². The van der Waals surface area contributed by atoms with Gasteiger partial charge in [0.2, 0.25) is 5.95 Å². The van der Waals surface area contributed by atoms with Crippen molar-refractivity contribution in [3.05, 3.63) is 40.9 Å². The Bertz CT molecular complexity index is 574. The molecule has 0 aliphatic carbocycles. The Labute approximate surface area is 116 Å². The van der Waals surface area contributed by atoms with Gasteiger partial charge in [0.15, 0.2) is 0 Å². The molecule has 6 nitrogen and oxygen atoms in total. The van der Waals surface area contributed by atoms with Gasteiger partial charge in [0, 0.05) is 11.1 Å². The molecular formula is C12H15ClN6. The van der Waals surface area contributed by atoms with Gasteiger partial charge in [-0.15, -0.1) is 0 Å². The molecule has 0 aliphatic rings. The largest absolute Gasteiger partial charge is 0.368 e. The standard InChI is InChI=1S/C12H15ClN6/c1-7(8-4-2-3-5-9(8)13)16-10-6-11(19-15)18-12(14)17-10/h2-7H,15H2,1H3,(H4,14,16,17,18,19). The van der Waals surface area contributed by atoms with Gasteiger partial charge in [-0.05, 0) is 18.6 Å². The number of rotatable bonds is 4. The Hall–Kier alpha value is -2.05. The van der Waals surface area contributed by atoms with Crippen molar-refractivity contribution in [3.63, 3.8) is 0 Å². The van der Waals surface area contributed by atoms with Crippen LogP contribution in [0.25, 0.3) is 0 Å². The van der Waals surface area contributed by atoms with Gasteiger partial charge in [0.05, 0.1) is 6.04 Å². The zero-order chi connectivity index (χ0) is 13.8. The predicted octanol–water partition coefficient (Wildman–Crippen LogP) is 2.17. The SMILES string of the molecule is CC(Nc1cc(NN)nc(N)n1)c1ccccc1Cl. The lowest BCUT2D eigenvalue weighted by Gasteiger charge is -2.16. The minimum Gasteiger partial charge on any atom is -0.368 e. The van der Waals surface area contributed by atoms with E-state index in [2.05, 4.69) is 20.7 Å². The van der Waals surface area contributed by atoms with Crippen LogP contribution in [0, 0.1) is 0 Å². The molecule has 0 bridgehead atoms. The van der Waals surface area contributed by atoms with E-state index in [1.165, 1.54) is 0 Å². The van der Waals surface area contributed by atoms with Gasteiger partial charge in [-0.25, -0.2) is 5.84 Å². The summed E-state index contributed by atoms with van der Waals surface area (Å²) in [5.74, 6) is 6.47. The summed E-state index contributed by atoms with van der Waals surface area (Å²) in [6.07, 6.45) is 0. The van der Waals surface area contributed by atoms with Crippen molar-refractivity contribution in [2.45, 2.75) is 13.0 Å². The van der Waals surface area contributed by atoms with Crippen molar-refractivity contribution in [2.75, 3.05) is 16.5 Å². The van der Waals surface area contributed by atoms with Crippen LogP contribution in [0.2, 0.25) is 5.02 Å². The lowest BCUT2D eigenvalue weighted by Crippen LogP contribution is -2.13. The fraction of sp³-hybridized carbons (Fsp3) is 0.167. The lowest BCUT2D eigenvalue weighted by molar-refractivity contribution is 0.873. The third kappa shape index (κ3) is 3.24. The number of nitrogens with two attached hydrogens (primary N) is 2. The van der Waals surface area contributed by atoms with Crippen LogP contribution in [0.5, 0.6) is 0 Å². The molecule has 0 saturated heterocycles. The van der Waals surface area contributed by atoms with Crippen LogP contribution in [0.3, 0.4) is 0 Å². The van der Waals surface area contributed by atoms with Crippen molar-refractivity contribution in [2.24, 2.45) is 5.84 Å². The number of nitrogens with zero attached hydrogens (tertiary/aromatic N) is 2. The summed E-state index contributed by atoms with van der Waals surface area (Å²) in [5, 5.41) is 3.90. The molecule has 7 heteroatoms. The summed E-state index contributed by atoms with van der Waals surface area (Å²) >= 11 is 6.15. The number of hydrazine groups is 1. The Morgan fingerprint density at radius 2 is 1.89 bits per heavy atom. The van der Waals surface area contributed by atoms with Gasteiger partial charge in [0.25, 0.3) is 0 Å². The molecule has 1 heterocycles. The minimum absolute atomic E-state index is 0.0198. The van der Waals surface area contributed by atoms with Crippen LogP contribution >= 0.6 is 11.6 Å². The van der Waals surface area contributed by atoms with Crippen LogP contribution in [-0.4, -0.2) is 9.97 Å². The number of anilines is 3. The molecule has 6 N–H and O–H groups in total. The lowest BCUT2D eigenvalue weighted by atomic mass is 10.1. The van der Waals surface area contributed by atoms with Crippen molar-refractivity contribution >= 4 is 29.2 Å². The van der Waals surface area contributed by atoms with E-state index in [0.29, 0.717) is 16.7 Å². The van der Waals surface area contributed by atoms with Crippen LogP contribution in [0.15, 0.2) is 30.3 Å². The Balaban J connectivity index is 2.21. The molecule has 0 spiro atoms. The van der Waals surface area contributed by atoms with Gasteiger partial charge < -0.3 is 16.5 Å². The molecule has 1 aromatic heterocycles. The van der Waals surface area contributed by atoms with Gasteiger partial charge >= 0.3 is 0 Å². The second kappa shape index (κ2) is 5.73. The minimum atomic E-state index is -0.0198. The fourth-order valence-corrected chi connectivity index (χ4v) is 2.04. The molecule has 1 aromatic carbocycles. The molecule has 0 radical (unpaired) electrons. The highest BCUT2D eigenvalue weighted by Crippen LogP contribution is 2.25. The normalized spacial score (nSPS) is 11.9. The number of halogens is 1. The molecule has 19 heavy (non-hydrogen) atoms. The smallest absolute Gasteiger partial charge is 0.223 e. The first kappa shape index (κ1) is 13.4. The van der Waals surface area contributed by atoms with Crippen LogP contribution in [-0.2, 0) is 0 Å². The zero-order valence-electron chi connectivity index (χ0n) is 10.4. The molecule has 100 valence electrons. The van der Waals surface area contributed by atoms with Crippen LogP contribution in [0.4, 0.5) is 17.6 Å². The molecular weight excluding hydrogens is 264 g/mol. The number of hydrogen-bond acceptors (Lipinski definition) is 6. The second-order valence-electron chi connectivity index (χ2n) is 4.03. The van der Waals surface area contributed by atoms with Gasteiger partial charge in [-0.2, -0.15) is 9.97 Å².